The highest BCUT2D eigenvalue weighted by Crippen LogP contribution is 2.52. The van der Waals surface area contributed by atoms with Crippen molar-refractivity contribution in [2.75, 3.05) is 12.4 Å². The normalized spacial score (nSPS) is 25.3. The number of fused-ring (bicyclic) bond motifs is 3. The van der Waals surface area contributed by atoms with Crippen molar-refractivity contribution in [3.63, 3.8) is 0 Å². The number of methoxy groups -OCH3 is 1. The monoisotopic (exact) mass is 355 g/mol. The van der Waals surface area contributed by atoms with Crippen LogP contribution < -0.4 is 10.1 Å². The lowest BCUT2D eigenvalue weighted by Gasteiger charge is -2.38. The van der Waals surface area contributed by atoms with Gasteiger partial charge in [0.15, 0.2) is 0 Å². The van der Waals surface area contributed by atoms with Gasteiger partial charge in [0.1, 0.15) is 5.75 Å². The highest BCUT2D eigenvalue weighted by Gasteiger charge is 2.38. The molecule has 2 aromatic rings. The minimum absolute atomic E-state index is 0.307. The third-order valence-electron chi connectivity index (χ3n) is 4.79. The van der Waals surface area contributed by atoms with Crippen LogP contribution in [0.1, 0.15) is 29.5 Å². The summed E-state index contributed by atoms with van der Waals surface area (Å²) in [4.78, 5) is 0. The molecule has 112 valence electrons. The van der Waals surface area contributed by atoms with Crippen molar-refractivity contribution >= 4 is 21.6 Å². The van der Waals surface area contributed by atoms with E-state index in [1.807, 2.05) is 6.07 Å². The number of rotatable bonds is 2. The Morgan fingerprint density at radius 3 is 2.86 bits per heavy atom. The van der Waals surface area contributed by atoms with Crippen LogP contribution in [0.5, 0.6) is 5.75 Å². The van der Waals surface area contributed by atoms with Gasteiger partial charge in [-0.15, -0.1) is 0 Å². The molecule has 1 heterocycles. The summed E-state index contributed by atoms with van der Waals surface area (Å²) in [7, 11) is 1.74. The van der Waals surface area contributed by atoms with Crippen molar-refractivity contribution in [2.45, 2.75) is 18.4 Å². The molecule has 1 N–H and O–H groups in total. The number of benzene rings is 2. The lowest BCUT2D eigenvalue weighted by atomic mass is 9.77. The van der Waals surface area contributed by atoms with Gasteiger partial charge in [-0.25, -0.2) is 0 Å². The van der Waals surface area contributed by atoms with Crippen LogP contribution in [-0.2, 0) is 0 Å². The van der Waals surface area contributed by atoms with Gasteiger partial charge in [-0.2, -0.15) is 0 Å². The first-order chi connectivity index (χ1) is 10.8. The fourth-order valence-electron chi connectivity index (χ4n) is 3.79. The average molecular weight is 356 g/mol. The maximum atomic E-state index is 5.57. The highest BCUT2D eigenvalue weighted by molar-refractivity contribution is 9.10. The van der Waals surface area contributed by atoms with Gasteiger partial charge in [-0.3, -0.25) is 0 Å². The zero-order valence-electron chi connectivity index (χ0n) is 12.4. The van der Waals surface area contributed by atoms with E-state index in [1.54, 1.807) is 7.11 Å². The lowest BCUT2D eigenvalue weighted by molar-refractivity contribution is 0.397. The Morgan fingerprint density at radius 2 is 2.05 bits per heavy atom. The number of allylic oxidation sites excluding steroid dienone is 2. The molecule has 0 spiro atoms. The summed E-state index contributed by atoms with van der Waals surface area (Å²) in [5.41, 5.74) is 3.82. The molecule has 2 aromatic carbocycles. The van der Waals surface area contributed by atoms with Crippen molar-refractivity contribution in [1.29, 1.82) is 0 Å². The van der Waals surface area contributed by atoms with E-state index < -0.39 is 0 Å². The topological polar surface area (TPSA) is 21.3 Å². The van der Waals surface area contributed by atoms with Crippen molar-refractivity contribution in [2.24, 2.45) is 5.92 Å². The van der Waals surface area contributed by atoms with Crippen molar-refractivity contribution in [3.05, 3.63) is 70.2 Å². The van der Waals surface area contributed by atoms with E-state index in [4.69, 9.17) is 4.74 Å². The fraction of sp³-hybridized carbons (Fsp3) is 0.263. The third kappa shape index (κ3) is 2.15. The summed E-state index contributed by atoms with van der Waals surface area (Å²) in [5, 5.41) is 3.75. The Bertz CT molecular complexity index is 740. The zero-order chi connectivity index (χ0) is 15.1. The molecule has 3 atom stereocenters. The summed E-state index contributed by atoms with van der Waals surface area (Å²) >= 11 is 3.59. The van der Waals surface area contributed by atoms with Crippen LogP contribution >= 0.6 is 15.9 Å². The summed E-state index contributed by atoms with van der Waals surface area (Å²) in [6.45, 7) is 0. The standard InChI is InChI=1S/C19H18BrNO/c1-22-17-10-4-9-16-14-7-3-8-15(14)18(21-19(16)17)12-5-2-6-13(20)11-12/h2-7,9-11,14-15,18,21H,8H2,1H3/t14-,15-,18-/m1/s1. The van der Waals surface area contributed by atoms with Crippen LogP contribution in [0, 0.1) is 5.92 Å². The molecule has 2 aliphatic rings. The maximum Gasteiger partial charge on any atom is 0.142 e. The van der Waals surface area contributed by atoms with E-state index in [2.05, 4.69) is 69.8 Å². The van der Waals surface area contributed by atoms with Gasteiger partial charge in [0.25, 0.3) is 0 Å². The molecule has 0 fully saturated rings. The second-order valence-corrected chi connectivity index (χ2v) is 6.87. The Hall–Kier alpha value is -1.74. The SMILES string of the molecule is COc1cccc2c1N[C@H](c1cccc(Br)c1)[C@@H]1CC=C[C@@H]21. The molecule has 22 heavy (non-hydrogen) atoms. The molecule has 0 saturated heterocycles. The number of halogens is 1. The Balaban J connectivity index is 1.83. The maximum absolute atomic E-state index is 5.57. The second kappa shape index (κ2) is 5.47. The summed E-state index contributed by atoms with van der Waals surface area (Å²) in [6, 6.07) is 15.2. The van der Waals surface area contributed by atoms with Crippen LogP contribution in [0.25, 0.3) is 0 Å². The molecule has 0 amide bonds. The smallest absolute Gasteiger partial charge is 0.142 e. The van der Waals surface area contributed by atoms with Gasteiger partial charge in [0, 0.05) is 10.4 Å². The van der Waals surface area contributed by atoms with Gasteiger partial charge >= 0.3 is 0 Å². The van der Waals surface area contributed by atoms with Crippen molar-refractivity contribution < 1.29 is 4.74 Å². The lowest BCUT2D eigenvalue weighted by Crippen LogP contribution is -2.29. The van der Waals surface area contributed by atoms with E-state index in [9.17, 15) is 0 Å². The van der Waals surface area contributed by atoms with E-state index in [1.165, 1.54) is 11.1 Å². The molecule has 4 rings (SSSR count). The van der Waals surface area contributed by atoms with Crippen LogP contribution in [0.4, 0.5) is 5.69 Å². The van der Waals surface area contributed by atoms with Crippen molar-refractivity contribution in [1.82, 2.24) is 0 Å². The molecular weight excluding hydrogens is 338 g/mol. The highest BCUT2D eigenvalue weighted by atomic mass is 79.9. The van der Waals surface area contributed by atoms with Crippen molar-refractivity contribution in [3.8, 4) is 5.75 Å². The number of anilines is 1. The van der Waals surface area contributed by atoms with E-state index in [0.29, 0.717) is 17.9 Å². The van der Waals surface area contributed by atoms with E-state index >= 15 is 0 Å². The molecule has 0 radical (unpaired) electrons. The molecule has 0 bridgehead atoms. The van der Waals surface area contributed by atoms with Gasteiger partial charge < -0.3 is 10.1 Å². The molecule has 0 unspecified atom stereocenters. The first-order valence-electron chi connectivity index (χ1n) is 7.63. The van der Waals surface area contributed by atoms with Crippen LogP contribution in [0.15, 0.2) is 59.1 Å². The quantitative estimate of drug-likeness (QED) is 0.739. The summed E-state index contributed by atoms with van der Waals surface area (Å²) in [6.07, 6.45) is 5.79. The molecule has 1 aliphatic heterocycles. The molecule has 3 heteroatoms. The number of para-hydroxylation sites is 1. The molecule has 1 aliphatic carbocycles. The molecule has 0 saturated carbocycles. The van der Waals surface area contributed by atoms with Gasteiger partial charge in [0.05, 0.1) is 18.8 Å². The zero-order valence-corrected chi connectivity index (χ0v) is 14.0. The Labute approximate surface area is 139 Å². The van der Waals surface area contributed by atoms with Gasteiger partial charge in [-0.1, -0.05) is 52.3 Å². The third-order valence-corrected chi connectivity index (χ3v) is 5.28. The predicted molar refractivity (Wildman–Crippen MR) is 93.5 cm³/mol. The molecular formula is C19H18BrNO. The molecule has 2 nitrogen and oxygen atoms in total. The number of nitrogens with one attached hydrogen (secondary N) is 1. The number of hydrogen-bond donors (Lipinski definition) is 1. The van der Waals surface area contributed by atoms with Crippen LogP contribution in [0.2, 0.25) is 0 Å². The molecule has 0 aromatic heterocycles. The predicted octanol–water partition coefficient (Wildman–Crippen LogP) is 5.28. The Morgan fingerprint density at radius 1 is 1.18 bits per heavy atom. The Kier molecular flexibility index (Phi) is 3.45. The minimum Gasteiger partial charge on any atom is -0.495 e. The number of hydrogen-bond acceptors (Lipinski definition) is 2. The van der Waals surface area contributed by atoms with E-state index in [-0.39, 0.29) is 0 Å². The first kappa shape index (κ1) is 13.9. The largest absolute Gasteiger partial charge is 0.495 e. The van der Waals surface area contributed by atoms with Gasteiger partial charge in [0.2, 0.25) is 0 Å². The van der Waals surface area contributed by atoms with E-state index in [0.717, 1.165) is 22.3 Å². The number of ether oxygens (including phenoxy) is 1. The summed E-state index contributed by atoms with van der Waals surface area (Å²) in [5.74, 6) is 1.96. The van der Waals surface area contributed by atoms with Crippen LogP contribution in [-0.4, -0.2) is 7.11 Å². The second-order valence-electron chi connectivity index (χ2n) is 5.96. The first-order valence-corrected chi connectivity index (χ1v) is 8.43. The van der Waals surface area contributed by atoms with Gasteiger partial charge in [-0.05, 0) is 41.7 Å². The average Bonchev–Trinajstić information content (AvgIpc) is 3.03. The van der Waals surface area contributed by atoms with Crippen LogP contribution in [0.3, 0.4) is 0 Å². The minimum atomic E-state index is 0.307. The summed E-state index contributed by atoms with van der Waals surface area (Å²) < 4.78 is 6.70. The fourth-order valence-corrected chi connectivity index (χ4v) is 4.21.